The van der Waals surface area contributed by atoms with Crippen molar-refractivity contribution in [2.24, 2.45) is 17.3 Å². The number of hydrogen-bond donors (Lipinski definition) is 2. The Balaban J connectivity index is -0.00000144. The predicted molar refractivity (Wildman–Crippen MR) is 71.6 cm³/mol. The first-order valence-electron chi connectivity index (χ1n) is 6.65. The molecule has 1 unspecified atom stereocenters. The molecule has 19 heavy (non-hydrogen) atoms. The van der Waals surface area contributed by atoms with Crippen LogP contribution in [0.3, 0.4) is 0 Å². The van der Waals surface area contributed by atoms with Crippen LogP contribution in [0.15, 0.2) is 0 Å². The van der Waals surface area contributed by atoms with Gasteiger partial charge in [0.2, 0.25) is 0 Å². The zero-order chi connectivity index (χ0) is 14.3. The SMILES string of the molecule is CCCCCC(CC(C(=O)O)C(=O)O)C(C)(C)C.[H-].[Na+]. The number of rotatable bonds is 8. The van der Waals surface area contributed by atoms with Gasteiger partial charge in [0, 0.05) is 0 Å². The molecule has 0 aromatic carbocycles. The van der Waals surface area contributed by atoms with Crippen LogP contribution in [0, 0.1) is 17.3 Å². The van der Waals surface area contributed by atoms with Crippen LogP contribution < -0.4 is 29.6 Å². The molecule has 0 saturated carbocycles. The van der Waals surface area contributed by atoms with Gasteiger partial charge in [-0.2, -0.15) is 0 Å². The summed E-state index contributed by atoms with van der Waals surface area (Å²) in [4.78, 5) is 21.9. The normalized spacial score (nSPS) is 12.9. The smallest absolute Gasteiger partial charge is 1.00 e. The van der Waals surface area contributed by atoms with E-state index in [0.29, 0.717) is 0 Å². The fraction of sp³-hybridized carbons (Fsp3) is 0.857. The standard InChI is InChI=1S/C14H26O4.Na.H/c1-5-6-7-8-10(14(2,3)4)9-11(12(15)16)13(17)18;;/h10-11H,5-9H2,1-4H3,(H,15,16)(H,17,18);;/q;+1;-1. The molecule has 0 aliphatic heterocycles. The quantitative estimate of drug-likeness (QED) is 0.387. The van der Waals surface area contributed by atoms with Crippen molar-refractivity contribution in [2.45, 2.75) is 59.8 Å². The van der Waals surface area contributed by atoms with E-state index in [1.54, 1.807) is 0 Å². The Labute approximate surface area is 139 Å². The molecular formula is C14H27NaO4. The van der Waals surface area contributed by atoms with Crippen molar-refractivity contribution < 1.29 is 50.8 Å². The zero-order valence-electron chi connectivity index (χ0n) is 13.9. The van der Waals surface area contributed by atoms with Gasteiger partial charge in [-0.3, -0.25) is 9.59 Å². The number of carbonyl (C=O) groups is 2. The van der Waals surface area contributed by atoms with Crippen molar-refractivity contribution in [3.8, 4) is 0 Å². The molecule has 1 atom stereocenters. The molecule has 108 valence electrons. The van der Waals surface area contributed by atoms with E-state index >= 15 is 0 Å². The van der Waals surface area contributed by atoms with Crippen LogP contribution in [-0.4, -0.2) is 22.2 Å². The van der Waals surface area contributed by atoms with Gasteiger partial charge in [0.05, 0.1) is 0 Å². The minimum atomic E-state index is -1.28. The van der Waals surface area contributed by atoms with Gasteiger partial charge >= 0.3 is 41.5 Å². The fourth-order valence-corrected chi connectivity index (χ4v) is 2.14. The van der Waals surface area contributed by atoms with E-state index < -0.39 is 17.9 Å². The van der Waals surface area contributed by atoms with E-state index in [2.05, 4.69) is 6.92 Å². The number of aliphatic carboxylic acids is 2. The van der Waals surface area contributed by atoms with E-state index in [1.165, 1.54) is 0 Å². The number of unbranched alkanes of at least 4 members (excludes halogenated alkanes) is 2. The van der Waals surface area contributed by atoms with Gasteiger partial charge in [-0.25, -0.2) is 0 Å². The van der Waals surface area contributed by atoms with Gasteiger partial charge in [-0.15, -0.1) is 0 Å². The van der Waals surface area contributed by atoms with Crippen LogP contribution in [0.1, 0.15) is 61.2 Å². The molecule has 0 aromatic heterocycles. The Bertz CT molecular complexity index is 275. The molecule has 0 aromatic rings. The molecule has 0 bridgehead atoms. The van der Waals surface area contributed by atoms with Gasteiger partial charge in [-0.05, 0) is 24.2 Å². The minimum Gasteiger partial charge on any atom is -1.00 e. The van der Waals surface area contributed by atoms with E-state index in [4.69, 9.17) is 10.2 Å². The Morgan fingerprint density at radius 2 is 1.58 bits per heavy atom. The Kier molecular flexibility index (Phi) is 10.9. The van der Waals surface area contributed by atoms with Crippen molar-refractivity contribution in [1.29, 1.82) is 0 Å². The molecule has 0 heterocycles. The van der Waals surface area contributed by atoms with Crippen LogP contribution in [0.2, 0.25) is 0 Å². The Hall–Kier alpha value is -0.0600. The summed E-state index contributed by atoms with van der Waals surface area (Å²) < 4.78 is 0. The maximum absolute atomic E-state index is 11.0. The molecule has 0 radical (unpaired) electrons. The second-order valence-electron chi connectivity index (χ2n) is 6.02. The molecule has 0 amide bonds. The predicted octanol–water partition coefficient (Wildman–Crippen LogP) is 0.521. The van der Waals surface area contributed by atoms with E-state index in [1.807, 2.05) is 20.8 Å². The average molecular weight is 282 g/mol. The Morgan fingerprint density at radius 1 is 1.11 bits per heavy atom. The van der Waals surface area contributed by atoms with Crippen molar-refractivity contribution >= 4 is 11.9 Å². The van der Waals surface area contributed by atoms with Crippen LogP contribution in [0.4, 0.5) is 0 Å². The third-order valence-electron chi connectivity index (χ3n) is 3.50. The van der Waals surface area contributed by atoms with Gasteiger partial charge in [0.25, 0.3) is 0 Å². The summed E-state index contributed by atoms with van der Waals surface area (Å²) in [6.45, 7) is 8.25. The van der Waals surface area contributed by atoms with Gasteiger partial charge in [-0.1, -0.05) is 47.0 Å². The first kappa shape index (κ1) is 21.2. The summed E-state index contributed by atoms with van der Waals surface area (Å²) >= 11 is 0. The zero-order valence-corrected chi connectivity index (χ0v) is 14.9. The first-order valence-corrected chi connectivity index (χ1v) is 6.65. The van der Waals surface area contributed by atoms with E-state index in [-0.39, 0.29) is 48.7 Å². The van der Waals surface area contributed by atoms with Gasteiger partial charge in [0.15, 0.2) is 5.92 Å². The number of carboxylic acids is 2. The summed E-state index contributed by atoms with van der Waals surface area (Å²) in [7, 11) is 0. The molecule has 0 saturated heterocycles. The van der Waals surface area contributed by atoms with Crippen LogP contribution in [0.25, 0.3) is 0 Å². The second-order valence-corrected chi connectivity index (χ2v) is 6.02. The van der Waals surface area contributed by atoms with Crippen LogP contribution >= 0.6 is 0 Å². The summed E-state index contributed by atoms with van der Waals surface area (Å²) in [5.74, 6) is -3.61. The van der Waals surface area contributed by atoms with Crippen LogP contribution in [-0.2, 0) is 9.59 Å². The molecule has 0 spiro atoms. The molecule has 2 N–H and O–H groups in total. The number of carboxylic acid groups (broad SMARTS) is 2. The first-order chi connectivity index (χ1) is 8.20. The second kappa shape index (κ2) is 9.78. The number of hydrogen-bond acceptors (Lipinski definition) is 2. The molecule has 5 heteroatoms. The van der Waals surface area contributed by atoms with Crippen LogP contribution in [0.5, 0.6) is 0 Å². The summed E-state index contributed by atoms with van der Waals surface area (Å²) in [5, 5.41) is 17.9. The maximum Gasteiger partial charge on any atom is 1.00 e. The molecule has 4 nitrogen and oxygen atoms in total. The summed E-state index contributed by atoms with van der Waals surface area (Å²) in [6.07, 6.45) is 4.37. The average Bonchev–Trinajstić information content (AvgIpc) is 2.20. The van der Waals surface area contributed by atoms with Gasteiger partial charge < -0.3 is 11.6 Å². The summed E-state index contributed by atoms with van der Waals surface area (Å²) in [6, 6.07) is 0. The molecule has 0 rings (SSSR count). The van der Waals surface area contributed by atoms with Crippen molar-refractivity contribution in [1.82, 2.24) is 0 Å². The van der Waals surface area contributed by atoms with Crippen molar-refractivity contribution in [2.75, 3.05) is 0 Å². The molecular weight excluding hydrogens is 255 g/mol. The third kappa shape index (κ3) is 8.66. The minimum absolute atomic E-state index is 0. The molecule has 0 aliphatic carbocycles. The maximum atomic E-state index is 11.0. The topological polar surface area (TPSA) is 74.6 Å². The monoisotopic (exact) mass is 282 g/mol. The third-order valence-corrected chi connectivity index (χ3v) is 3.50. The molecule has 0 fully saturated rings. The Morgan fingerprint density at radius 3 is 1.89 bits per heavy atom. The fourth-order valence-electron chi connectivity index (χ4n) is 2.14. The van der Waals surface area contributed by atoms with Crippen molar-refractivity contribution in [3.05, 3.63) is 0 Å². The summed E-state index contributed by atoms with van der Waals surface area (Å²) in [5.41, 5.74) is -0.0586. The van der Waals surface area contributed by atoms with Gasteiger partial charge in [0.1, 0.15) is 0 Å². The molecule has 0 aliphatic rings. The largest absolute Gasteiger partial charge is 1.00 e. The van der Waals surface area contributed by atoms with Crippen molar-refractivity contribution in [3.63, 3.8) is 0 Å². The van der Waals surface area contributed by atoms with E-state index in [0.717, 1.165) is 25.7 Å². The van der Waals surface area contributed by atoms with E-state index in [9.17, 15) is 9.59 Å².